The van der Waals surface area contributed by atoms with Crippen LogP contribution in [-0.4, -0.2) is 46.5 Å². The Labute approximate surface area is 162 Å². The van der Waals surface area contributed by atoms with E-state index in [1.807, 2.05) is 12.3 Å². The van der Waals surface area contributed by atoms with Crippen molar-refractivity contribution in [3.8, 4) is 6.07 Å². The van der Waals surface area contributed by atoms with Gasteiger partial charge in [0.05, 0.1) is 23.6 Å². The van der Waals surface area contributed by atoms with Crippen molar-refractivity contribution < 1.29 is 4.79 Å². The Balaban J connectivity index is 1.34. The Morgan fingerprint density at radius 1 is 1.29 bits per heavy atom. The molecule has 1 atom stereocenters. The van der Waals surface area contributed by atoms with Crippen LogP contribution in [0.5, 0.6) is 0 Å². The Hall–Kier alpha value is -3.60. The second-order valence-corrected chi connectivity index (χ2v) is 6.83. The second kappa shape index (κ2) is 7.96. The molecule has 1 fully saturated rings. The number of benzene rings is 1. The van der Waals surface area contributed by atoms with Crippen LogP contribution in [-0.2, 0) is 4.79 Å². The number of rotatable bonds is 5. The molecule has 0 spiro atoms. The fourth-order valence-electron chi connectivity index (χ4n) is 3.52. The zero-order valence-electron chi connectivity index (χ0n) is 15.4. The van der Waals surface area contributed by atoms with Crippen LogP contribution >= 0.6 is 0 Å². The quantitative estimate of drug-likeness (QED) is 0.629. The summed E-state index contributed by atoms with van der Waals surface area (Å²) in [5, 5.41) is 16.0. The van der Waals surface area contributed by atoms with Gasteiger partial charge in [0, 0.05) is 31.0 Å². The number of nitrogens with one attached hydrogen (secondary N) is 3. The molecule has 8 heteroatoms. The molecule has 8 nitrogen and oxygen atoms in total. The van der Waals surface area contributed by atoms with E-state index in [2.05, 4.69) is 36.6 Å². The van der Waals surface area contributed by atoms with Gasteiger partial charge < -0.3 is 20.5 Å². The molecule has 142 valence electrons. The van der Waals surface area contributed by atoms with Gasteiger partial charge in [0.25, 0.3) is 0 Å². The van der Waals surface area contributed by atoms with Crippen LogP contribution < -0.4 is 15.5 Å². The number of carbonyl (C=O) groups excluding carboxylic acids is 1. The molecule has 3 N–H and O–H groups in total. The molecule has 1 aliphatic heterocycles. The summed E-state index contributed by atoms with van der Waals surface area (Å²) in [6.45, 7) is 1.82. The van der Waals surface area contributed by atoms with E-state index >= 15 is 0 Å². The Morgan fingerprint density at radius 2 is 2.14 bits per heavy atom. The summed E-state index contributed by atoms with van der Waals surface area (Å²) in [7, 11) is 0. The van der Waals surface area contributed by atoms with Crippen LogP contribution in [0.1, 0.15) is 18.4 Å². The van der Waals surface area contributed by atoms with E-state index in [1.165, 1.54) is 0 Å². The first kappa shape index (κ1) is 17.8. The zero-order chi connectivity index (χ0) is 19.3. The van der Waals surface area contributed by atoms with E-state index in [0.29, 0.717) is 5.56 Å². The molecule has 0 saturated carbocycles. The molecular weight excluding hydrogens is 354 g/mol. The van der Waals surface area contributed by atoms with E-state index in [0.717, 1.165) is 48.5 Å². The summed E-state index contributed by atoms with van der Waals surface area (Å²) in [4.78, 5) is 26.4. The minimum absolute atomic E-state index is 0.0503. The van der Waals surface area contributed by atoms with Gasteiger partial charge in [0.2, 0.25) is 5.91 Å². The largest absolute Gasteiger partial charge is 0.376 e. The number of amides is 1. The number of anilines is 2. The molecule has 0 radical (unpaired) electrons. The number of aromatic nitrogens is 3. The van der Waals surface area contributed by atoms with Gasteiger partial charge in [-0.25, -0.2) is 9.97 Å². The van der Waals surface area contributed by atoms with E-state index < -0.39 is 0 Å². The minimum atomic E-state index is -0.0503. The van der Waals surface area contributed by atoms with Gasteiger partial charge in [0.15, 0.2) is 0 Å². The molecule has 1 amide bonds. The lowest BCUT2D eigenvalue weighted by molar-refractivity contribution is -0.120. The van der Waals surface area contributed by atoms with E-state index in [4.69, 9.17) is 5.26 Å². The van der Waals surface area contributed by atoms with Gasteiger partial charge in [0.1, 0.15) is 17.8 Å². The van der Waals surface area contributed by atoms with Gasteiger partial charge in [-0.2, -0.15) is 5.26 Å². The topological polar surface area (TPSA) is 110 Å². The number of nitriles is 1. The number of carbonyl (C=O) groups is 1. The Kier molecular flexibility index (Phi) is 5.06. The van der Waals surface area contributed by atoms with Crippen LogP contribution in [0.2, 0.25) is 0 Å². The lowest BCUT2D eigenvalue weighted by atomic mass is 10.1. The van der Waals surface area contributed by atoms with Crippen LogP contribution in [0.3, 0.4) is 0 Å². The number of piperidine rings is 1. The van der Waals surface area contributed by atoms with Gasteiger partial charge in [-0.15, -0.1) is 0 Å². The predicted octanol–water partition coefficient (Wildman–Crippen LogP) is 2.03. The first-order valence-corrected chi connectivity index (χ1v) is 9.29. The number of H-pyrrole nitrogens is 1. The molecule has 1 saturated heterocycles. The van der Waals surface area contributed by atoms with Gasteiger partial charge >= 0.3 is 0 Å². The second-order valence-electron chi connectivity index (χ2n) is 6.83. The summed E-state index contributed by atoms with van der Waals surface area (Å²) in [6.07, 6.45) is 5.36. The highest BCUT2D eigenvalue weighted by atomic mass is 16.2. The van der Waals surface area contributed by atoms with Crippen molar-refractivity contribution in [2.24, 2.45) is 0 Å². The average Bonchev–Trinajstić information content (AvgIpc) is 3.22. The predicted molar refractivity (Wildman–Crippen MR) is 107 cm³/mol. The van der Waals surface area contributed by atoms with E-state index in [1.54, 1.807) is 30.6 Å². The number of hydrogen-bond acceptors (Lipinski definition) is 6. The Morgan fingerprint density at radius 3 is 2.96 bits per heavy atom. The maximum absolute atomic E-state index is 12.3. The van der Waals surface area contributed by atoms with Crippen LogP contribution in [0.4, 0.5) is 11.5 Å². The molecule has 2 aromatic heterocycles. The van der Waals surface area contributed by atoms with Crippen molar-refractivity contribution >= 4 is 28.4 Å². The first-order valence-electron chi connectivity index (χ1n) is 9.29. The number of hydrogen-bond donors (Lipinski definition) is 3. The maximum Gasteiger partial charge on any atom is 0.239 e. The number of nitrogens with zero attached hydrogens (tertiary/aromatic N) is 4. The molecule has 1 aromatic carbocycles. The minimum Gasteiger partial charge on any atom is -0.376 e. The fraction of sp³-hybridized carbons (Fsp3) is 0.300. The number of aromatic amines is 1. The molecule has 0 bridgehead atoms. The SMILES string of the molecule is N#Cc1ccc(NCC(=O)N[C@@H]2CCCN(c3ncnc4[nH]ccc34)C2)cc1. The smallest absolute Gasteiger partial charge is 0.239 e. The zero-order valence-corrected chi connectivity index (χ0v) is 15.4. The number of fused-ring (bicyclic) bond motifs is 1. The molecule has 28 heavy (non-hydrogen) atoms. The fourth-order valence-corrected chi connectivity index (χ4v) is 3.52. The molecular formula is C20H21N7O. The lowest BCUT2D eigenvalue weighted by Gasteiger charge is -2.34. The van der Waals surface area contributed by atoms with Crippen LogP contribution in [0.25, 0.3) is 11.0 Å². The third-order valence-corrected chi connectivity index (χ3v) is 4.89. The Bertz CT molecular complexity index is 1010. The standard InChI is InChI=1S/C20H21N7O/c21-10-14-3-5-15(6-4-14)23-11-18(28)26-16-2-1-9-27(12-16)20-17-7-8-22-19(17)24-13-25-20/h3-8,13,16,23H,1-2,9,11-12H2,(H,26,28)(H,22,24,25)/t16-/m1/s1. The van der Waals surface area contributed by atoms with Crippen LogP contribution in [0, 0.1) is 11.3 Å². The van der Waals surface area contributed by atoms with Crippen molar-refractivity contribution in [1.82, 2.24) is 20.3 Å². The highest BCUT2D eigenvalue weighted by molar-refractivity contribution is 5.87. The highest BCUT2D eigenvalue weighted by Gasteiger charge is 2.23. The first-order chi connectivity index (χ1) is 13.7. The molecule has 0 unspecified atom stereocenters. The third-order valence-electron chi connectivity index (χ3n) is 4.89. The third kappa shape index (κ3) is 3.88. The van der Waals surface area contributed by atoms with Gasteiger partial charge in [-0.3, -0.25) is 4.79 Å². The summed E-state index contributed by atoms with van der Waals surface area (Å²) < 4.78 is 0. The van der Waals surface area contributed by atoms with E-state index in [-0.39, 0.29) is 18.5 Å². The maximum atomic E-state index is 12.3. The van der Waals surface area contributed by atoms with Crippen molar-refractivity contribution in [2.45, 2.75) is 18.9 Å². The van der Waals surface area contributed by atoms with Gasteiger partial charge in [-0.1, -0.05) is 0 Å². The van der Waals surface area contributed by atoms with E-state index in [9.17, 15) is 4.79 Å². The molecule has 4 rings (SSSR count). The normalized spacial score (nSPS) is 16.5. The van der Waals surface area contributed by atoms with Crippen LogP contribution in [0.15, 0.2) is 42.9 Å². The average molecular weight is 375 g/mol. The molecule has 3 heterocycles. The van der Waals surface area contributed by atoms with Crippen molar-refractivity contribution in [2.75, 3.05) is 29.9 Å². The summed E-state index contributed by atoms with van der Waals surface area (Å²) in [5.74, 6) is 0.853. The highest BCUT2D eigenvalue weighted by Crippen LogP contribution is 2.25. The van der Waals surface area contributed by atoms with Crippen molar-refractivity contribution in [3.63, 3.8) is 0 Å². The monoisotopic (exact) mass is 375 g/mol. The molecule has 0 aliphatic carbocycles. The summed E-state index contributed by atoms with van der Waals surface area (Å²) in [5.41, 5.74) is 2.23. The summed E-state index contributed by atoms with van der Waals surface area (Å²) in [6, 6.07) is 11.2. The van der Waals surface area contributed by atoms with Crippen molar-refractivity contribution in [3.05, 3.63) is 48.4 Å². The molecule has 1 aliphatic rings. The molecule has 3 aromatic rings. The lowest BCUT2D eigenvalue weighted by Crippen LogP contribution is -2.49. The van der Waals surface area contributed by atoms with Crippen molar-refractivity contribution in [1.29, 1.82) is 5.26 Å². The van der Waals surface area contributed by atoms with Gasteiger partial charge in [-0.05, 0) is 43.2 Å². The summed E-state index contributed by atoms with van der Waals surface area (Å²) >= 11 is 0.